The molecule has 1 aromatic carbocycles. The largest absolute Gasteiger partial charge is 0.459 e. The molecule has 0 amide bonds. The van der Waals surface area contributed by atoms with Crippen LogP contribution >= 0.6 is 0 Å². The van der Waals surface area contributed by atoms with E-state index in [4.69, 9.17) is 0 Å². The number of pyridine rings is 1. The van der Waals surface area contributed by atoms with Gasteiger partial charge in [0.2, 0.25) is 0 Å². The van der Waals surface area contributed by atoms with Crippen LogP contribution in [-0.4, -0.2) is 23.7 Å². The molecule has 1 fully saturated rings. The molecule has 0 saturated heterocycles. The third-order valence-electron chi connectivity index (χ3n) is 5.66. The van der Waals surface area contributed by atoms with Crippen molar-refractivity contribution in [1.29, 1.82) is 0 Å². The molecule has 1 N–H and O–H groups in total. The van der Waals surface area contributed by atoms with E-state index in [1.807, 2.05) is 0 Å². The number of nitrogens with zero attached hydrogens (tertiary/aromatic N) is 4. The van der Waals surface area contributed by atoms with Crippen molar-refractivity contribution < 1.29 is 31.3 Å². The summed E-state index contributed by atoms with van der Waals surface area (Å²) < 4.78 is 68.5. The van der Waals surface area contributed by atoms with Gasteiger partial charge in [0.1, 0.15) is 23.6 Å². The SMILES string of the molecule is Cc1c(O)/[n+](=C2\C[C@@H]2C(F)F)cc2c1=NC=NC2=NC(C)(C)c1cccc(C(F)F)c1F. The first-order chi connectivity index (χ1) is 15.0. The summed E-state index contributed by atoms with van der Waals surface area (Å²) in [6, 6.07) is 3.72. The van der Waals surface area contributed by atoms with Gasteiger partial charge < -0.3 is 5.11 Å². The fraction of sp³-hybridized carbons (Fsp3) is 0.364. The Kier molecular flexibility index (Phi) is 5.34. The first kappa shape index (κ1) is 22.0. The zero-order valence-electron chi connectivity index (χ0n) is 17.5. The first-order valence-corrected chi connectivity index (χ1v) is 9.86. The van der Waals surface area contributed by atoms with E-state index in [9.17, 15) is 27.1 Å². The van der Waals surface area contributed by atoms with Gasteiger partial charge >= 0.3 is 5.88 Å². The highest BCUT2D eigenvalue weighted by Crippen LogP contribution is 2.38. The fourth-order valence-electron chi connectivity index (χ4n) is 3.78. The topological polar surface area (TPSA) is 63.2 Å². The number of hydrogen-bond acceptors (Lipinski definition) is 3. The average molecular weight is 451 g/mol. The van der Waals surface area contributed by atoms with E-state index in [1.54, 1.807) is 20.8 Å². The molecule has 5 nitrogen and oxygen atoms in total. The van der Waals surface area contributed by atoms with Crippen molar-refractivity contribution >= 4 is 12.2 Å². The number of fused-ring (bicyclic) bond motifs is 1. The number of aromatic hydroxyl groups is 1. The maximum Gasteiger partial charge on any atom is 0.375 e. The summed E-state index contributed by atoms with van der Waals surface area (Å²) in [5.74, 6) is -2.09. The zero-order valence-corrected chi connectivity index (χ0v) is 17.5. The van der Waals surface area contributed by atoms with Gasteiger partial charge in [-0.2, -0.15) is 0 Å². The van der Waals surface area contributed by atoms with Crippen LogP contribution in [0.5, 0.6) is 5.88 Å². The van der Waals surface area contributed by atoms with Crippen LogP contribution in [0.25, 0.3) is 0 Å². The van der Waals surface area contributed by atoms with Gasteiger partial charge in [0, 0.05) is 12.0 Å². The highest BCUT2D eigenvalue weighted by Gasteiger charge is 2.47. The Balaban J connectivity index is 1.88. The molecule has 0 radical (unpaired) electrons. The van der Waals surface area contributed by atoms with Gasteiger partial charge in [-0.1, -0.05) is 18.2 Å². The van der Waals surface area contributed by atoms with E-state index < -0.39 is 35.7 Å². The lowest BCUT2D eigenvalue weighted by atomic mass is 9.92. The van der Waals surface area contributed by atoms with Crippen LogP contribution < -0.4 is 9.60 Å². The van der Waals surface area contributed by atoms with E-state index >= 15 is 0 Å². The number of halogens is 5. The predicted octanol–water partition coefficient (Wildman–Crippen LogP) is 4.07. The van der Waals surface area contributed by atoms with Gasteiger partial charge in [0.25, 0.3) is 12.9 Å². The minimum Gasteiger partial charge on any atom is -0.459 e. The van der Waals surface area contributed by atoms with E-state index in [0.29, 0.717) is 22.2 Å². The number of hydrogen-bond donors (Lipinski definition) is 1. The second kappa shape index (κ2) is 7.75. The molecule has 32 heavy (non-hydrogen) atoms. The summed E-state index contributed by atoms with van der Waals surface area (Å²) >= 11 is 0. The van der Waals surface area contributed by atoms with Crippen molar-refractivity contribution in [2.45, 2.75) is 45.6 Å². The number of rotatable bonds is 4. The summed E-state index contributed by atoms with van der Waals surface area (Å²) in [6.07, 6.45) is -2.75. The molecule has 1 atom stereocenters. The van der Waals surface area contributed by atoms with Gasteiger partial charge in [-0.25, -0.2) is 31.9 Å². The smallest absolute Gasteiger partial charge is 0.375 e. The molecule has 0 bridgehead atoms. The highest BCUT2D eigenvalue weighted by atomic mass is 19.3. The number of alkyl halides is 4. The maximum atomic E-state index is 14.8. The van der Waals surface area contributed by atoms with E-state index in [-0.39, 0.29) is 23.7 Å². The quantitative estimate of drug-likeness (QED) is 0.553. The lowest BCUT2D eigenvalue weighted by Gasteiger charge is -2.23. The molecule has 4 rings (SSSR count). The van der Waals surface area contributed by atoms with Gasteiger partial charge in [-0.15, -0.1) is 4.24 Å². The third-order valence-corrected chi connectivity index (χ3v) is 5.66. The minimum absolute atomic E-state index is 0.0419. The van der Waals surface area contributed by atoms with Crippen molar-refractivity contribution in [3.05, 3.63) is 63.5 Å². The Bertz CT molecular complexity index is 1280. The molecule has 10 heteroatoms. The van der Waals surface area contributed by atoms with E-state index in [0.717, 1.165) is 6.07 Å². The molecule has 1 aliphatic carbocycles. The van der Waals surface area contributed by atoms with Crippen molar-refractivity contribution in [2.24, 2.45) is 20.9 Å². The first-order valence-electron chi connectivity index (χ1n) is 9.86. The third kappa shape index (κ3) is 3.67. The lowest BCUT2D eigenvalue weighted by molar-refractivity contribution is -0.529. The van der Waals surface area contributed by atoms with Crippen LogP contribution in [0.3, 0.4) is 0 Å². The molecular weight excluding hydrogens is 431 g/mol. The molecule has 2 aliphatic rings. The van der Waals surface area contributed by atoms with Crippen molar-refractivity contribution in [1.82, 2.24) is 0 Å². The maximum absolute atomic E-state index is 14.8. The van der Waals surface area contributed by atoms with Gasteiger partial charge in [0.15, 0.2) is 17.7 Å². The van der Waals surface area contributed by atoms with Crippen LogP contribution in [0.15, 0.2) is 39.4 Å². The van der Waals surface area contributed by atoms with Crippen molar-refractivity contribution in [3.63, 3.8) is 0 Å². The second-order valence-electron chi connectivity index (χ2n) is 8.22. The lowest BCUT2D eigenvalue weighted by Crippen LogP contribution is -2.32. The second-order valence-corrected chi connectivity index (χ2v) is 8.22. The molecule has 2 aromatic rings. The highest BCUT2D eigenvalue weighted by molar-refractivity contribution is 6.04. The average Bonchev–Trinajstić information content (AvgIpc) is 3.51. The van der Waals surface area contributed by atoms with Crippen LogP contribution in [0.1, 0.15) is 48.9 Å². The Labute approximate surface area is 180 Å². The standard InChI is InChI=1S/C22H19F5N4O/c1-10-17-13(8-31(21(10)32)15-7-12(15)19(26)27)20(29-9-28-17)30-22(2,3)14-6-4-5-11(16(14)23)18(24)25/h4-6,8-9,12,18-19H,7H2,1-3H3/p+1/b31-15+/t12-/m0/s1. The van der Waals surface area contributed by atoms with E-state index in [2.05, 4.69) is 15.0 Å². The number of benzene rings is 1. The number of aromatic nitrogens is 1. The summed E-state index contributed by atoms with van der Waals surface area (Å²) in [5, 5.41) is 10.9. The summed E-state index contributed by atoms with van der Waals surface area (Å²) in [5.41, 5.74) is -0.997. The van der Waals surface area contributed by atoms with Crippen LogP contribution in [0, 0.1) is 24.4 Å². The Morgan fingerprint density at radius 2 is 1.94 bits per heavy atom. The molecule has 1 aromatic heterocycles. The normalized spacial score (nSPS) is 20.7. The molecular formula is C22H20F5N4O+. The Morgan fingerprint density at radius 1 is 1.22 bits per heavy atom. The van der Waals surface area contributed by atoms with Crippen LogP contribution in [-0.2, 0) is 5.54 Å². The molecule has 1 saturated carbocycles. The molecule has 0 unspecified atom stereocenters. The number of aliphatic imine (C=N–C) groups is 2. The molecule has 1 aliphatic heterocycles. The molecule has 168 valence electrons. The summed E-state index contributed by atoms with van der Waals surface area (Å²) in [7, 11) is 0. The van der Waals surface area contributed by atoms with Gasteiger partial charge in [-0.05, 0) is 20.8 Å². The van der Waals surface area contributed by atoms with Crippen LogP contribution in [0.4, 0.5) is 22.0 Å². The monoisotopic (exact) mass is 451 g/mol. The van der Waals surface area contributed by atoms with Crippen molar-refractivity contribution in [2.75, 3.05) is 0 Å². The minimum atomic E-state index is -2.98. The van der Waals surface area contributed by atoms with Crippen molar-refractivity contribution in [3.8, 4) is 5.88 Å². The number of amidine groups is 1. The Hall–Kier alpha value is -3.17. The van der Waals surface area contributed by atoms with Gasteiger partial charge in [-0.3, -0.25) is 4.99 Å². The molecule has 0 spiro atoms. The van der Waals surface area contributed by atoms with Gasteiger partial charge in [0.05, 0.1) is 22.0 Å². The summed E-state index contributed by atoms with van der Waals surface area (Å²) in [6.45, 7) is 4.69. The Morgan fingerprint density at radius 3 is 2.56 bits per heavy atom. The summed E-state index contributed by atoms with van der Waals surface area (Å²) in [4.78, 5) is 12.8. The van der Waals surface area contributed by atoms with E-state index in [1.165, 1.54) is 28.9 Å². The zero-order chi connectivity index (χ0) is 23.4. The predicted molar refractivity (Wildman–Crippen MR) is 106 cm³/mol. The molecule has 2 heterocycles. The van der Waals surface area contributed by atoms with Crippen LogP contribution in [0.2, 0.25) is 0 Å². The fourth-order valence-corrected chi connectivity index (χ4v) is 3.78.